The van der Waals surface area contributed by atoms with Crippen molar-refractivity contribution in [1.29, 1.82) is 0 Å². The zero-order valence-electron chi connectivity index (χ0n) is 21.4. The van der Waals surface area contributed by atoms with Gasteiger partial charge >= 0.3 is 0 Å². The maximum absolute atomic E-state index is 13.4. The SMILES string of the molecule is CC(C)c1ccc(NC(=O)CSc2nc3ccccc3c(=O)n2Cc2ccc(C(=O)NC3CC3)cc2)cc1. The molecule has 1 fully saturated rings. The molecule has 0 bridgehead atoms. The summed E-state index contributed by atoms with van der Waals surface area (Å²) >= 11 is 1.23. The molecule has 1 aliphatic rings. The van der Waals surface area contributed by atoms with Gasteiger partial charge in [-0.15, -0.1) is 0 Å². The first kappa shape index (κ1) is 25.7. The Hall–Kier alpha value is -3.91. The maximum atomic E-state index is 13.4. The third kappa shape index (κ3) is 6.14. The van der Waals surface area contributed by atoms with Crippen LogP contribution in [0.2, 0.25) is 0 Å². The van der Waals surface area contributed by atoms with E-state index < -0.39 is 0 Å². The van der Waals surface area contributed by atoms with Gasteiger partial charge in [-0.25, -0.2) is 4.98 Å². The van der Waals surface area contributed by atoms with E-state index in [1.807, 2.05) is 48.5 Å². The Morgan fingerprint density at radius 2 is 1.71 bits per heavy atom. The summed E-state index contributed by atoms with van der Waals surface area (Å²) in [6.45, 7) is 4.53. The topological polar surface area (TPSA) is 93.1 Å². The monoisotopic (exact) mass is 526 g/mol. The van der Waals surface area contributed by atoms with Gasteiger partial charge in [0.2, 0.25) is 5.91 Å². The molecule has 1 saturated carbocycles. The molecule has 1 aromatic heterocycles. The van der Waals surface area contributed by atoms with Gasteiger partial charge in [0, 0.05) is 17.3 Å². The van der Waals surface area contributed by atoms with Crippen molar-refractivity contribution < 1.29 is 9.59 Å². The van der Waals surface area contributed by atoms with Crippen LogP contribution >= 0.6 is 11.8 Å². The molecule has 194 valence electrons. The van der Waals surface area contributed by atoms with Gasteiger partial charge in [0.15, 0.2) is 5.16 Å². The number of nitrogens with one attached hydrogen (secondary N) is 2. The van der Waals surface area contributed by atoms with Gasteiger partial charge in [0.1, 0.15) is 0 Å². The number of rotatable bonds is 9. The first-order valence-corrected chi connectivity index (χ1v) is 13.8. The van der Waals surface area contributed by atoms with Gasteiger partial charge in [0.25, 0.3) is 11.5 Å². The van der Waals surface area contributed by atoms with Gasteiger partial charge in [-0.05, 0) is 66.3 Å². The molecule has 8 heteroatoms. The van der Waals surface area contributed by atoms with Crippen molar-refractivity contribution in [3.05, 3.63) is 99.8 Å². The Morgan fingerprint density at radius 1 is 1.00 bits per heavy atom. The number of amides is 2. The fraction of sp³-hybridized carbons (Fsp3) is 0.267. The molecule has 0 radical (unpaired) electrons. The molecule has 0 unspecified atom stereocenters. The molecule has 1 aliphatic carbocycles. The van der Waals surface area contributed by atoms with Crippen LogP contribution in [0.1, 0.15) is 54.1 Å². The van der Waals surface area contributed by atoms with Gasteiger partial charge in [0.05, 0.1) is 23.2 Å². The van der Waals surface area contributed by atoms with E-state index in [2.05, 4.69) is 24.5 Å². The quantitative estimate of drug-likeness (QED) is 0.231. The summed E-state index contributed by atoms with van der Waals surface area (Å²) in [7, 11) is 0. The van der Waals surface area contributed by atoms with Gasteiger partial charge in [-0.2, -0.15) is 0 Å². The van der Waals surface area contributed by atoms with Crippen molar-refractivity contribution in [3.63, 3.8) is 0 Å². The highest BCUT2D eigenvalue weighted by atomic mass is 32.2. The number of nitrogens with zero attached hydrogens (tertiary/aromatic N) is 2. The van der Waals surface area contributed by atoms with Crippen molar-refractivity contribution >= 4 is 40.2 Å². The zero-order valence-corrected chi connectivity index (χ0v) is 22.3. The average molecular weight is 527 g/mol. The second-order valence-corrected chi connectivity index (χ2v) is 10.8. The molecular weight excluding hydrogens is 496 g/mol. The number of fused-ring (bicyclic) bond motifs is 1. The number of benzene rings is 3. The fourth-order valence-corrected chi connectivity index (χ4v) is 4.91. The Bertz CT molecular complexity index is 1520. The minimum atomic E-state index is -0.174. The maximum Gasteiger partial charge on any atom is 0.262 e. The van der Waals surface area contributed by atoms with Crippen LogP contribution in [-0.2, 0) is 11.3 Å². The van der Waals surface area contributed by atoms with Gasteiger partial charge in [-0.1, -0.05) is 62.0 Å². The van der Waals surface area contributed by atoms with E-state index in [0.717, 1.165) is 24.1 Å². The van der Waals surface area contributed by atoms with E-state index in [1.54, 1.807) is 28.8 Å². The Kier molecular flexibility index (Phi) is 7.60. The minimum Gasteiger partial charge on any atom is -0.349 e. The number of aromatic nitrogens is 2. The molecule has 2 amide bonds. The fourth-order valence-electron chi connectivity index (χ4n) is 4.12. The summed E-state index contributed by atoms with van der Waals surface area (Å²) < 4.78 is 1.59. The predicted molar refractivity (Wildman–Crippen MR) is 152 cm³/mol. The van der Waals surface area contributed by atoms with E-state index in [0.29, 0.717) is 33.6 Å². The van der Waals surface area contributed by atoms with E-state index >= 15 is 0 Å². The molecule has 38 heavy (non-hydrogen) atoms. The number of hydrogen-bond acceptors (Lipinski definition) is 5. The molecule has 0 saturated heterocycles. The van der Waals surface area contributed by atoms with Crippen molar-refractivity contribution in [1.82, 2.24) is 14.9 Å². The number of para-hydroxylation sites is 1. The lowest BCUT2D eigenvalue weighted by molar-refractivity contribution is -0.113. The zero-order chi connectivity index (χ0) is 26.6. The van der Waals surface area contributed by atoms with Crippen LogP contribution in [0.5, 0.6) is 0 Å². The van der Waals surface area contributed by atoms with Crippen LogP contribution in [0.25, 0.3) is 10.9 Å². The van der Waals surface area contributed by atoms with E-state index in [4.69, 9.17) is 4.98 Å². The molecule has 1 heterocycles. The van der Waals surface area contributed by atoms with Crippen LogP contribution in [0, 0.1) is 0 Å². The first-order chi connectivity index (χ1) is 18.4. The number of anilines is 1. The van der Waals surface area contributed by atoms with Crippen LogP contribution in [-0.4, -0.2) is 33.2 Å². The number of carbonyl (C=O) groups is 2. The average Bonchev–Trinajstić information content (AvgIpc) is 3.74. The van der Waals surface area contributed by atoms with E-state index in [-0.39, 0.29) is 29.7 Å². The summed E-state index contributed by atoms with van der Waals surface area (Å²) in [5.74, 6) is 0.274. The standard InChI is InChI=1S/C30H30N4O3S/c1-19(2)21-11-13-23(14-12-21)31-27(35)18-38-30-33-26-6-4-3-5-25(26)29(37)34(30)17-20-7-9-22(10-8-20)28(36)32-24-15-16-24/h3-14,19,24H,15-18H2,1-2H3,(H,31,35)(H,32,36). The normalized spacial score (nSPS) is 13.0. The summed E-state index contributed by atoms with van der Waals surface area (Å²) in [5.41, 5.74) is 3.82. The predicted octanol–water partition coefficient (Wildman–Crippen LogP) is 5.19. The van der Waals surface area contributed by atoms with Crippen LogP contribution < -0.4 is 16.2 Å². The largest absolute Gasteiger partial charge is 0.349 e. The summed E-state index contributed by atoms with van der Waals surface area (Å²) in [6.07, 6.45) is 2.06. The van der Waals surface area contributed by atoms with Crippen molar-refractivity contribution in [3.8, 4) is 0 Å². The lowest BCUT2D eigenvalue weighted by atomic mass is 10.0. The number of carbonyl (C=O) groups excluding carboxylic acids is 2. The molecule has 0 atom stereocenters. The smallest absolute Gasteiger partial charge is 0.262 e. The van der Waals surface area contributed by atoms with Crippen molar-refractivity contribution in [2.24, 2.45) is 0 Å². The summed E-state index contributed by atoms with van der Waals surface area (Å²) in [5, 5.41) is 6.89. The molecule has 5 rings (SSSR count). The van der Waals surface area contributed by atoms with Crippen LogP contribution in [0.15, 0.2) is 82.7 Å². The molecule has 7 nitrogen and oxygen atoms in total. The summed E-state index contributed by atoms with van der Waals surface area (Å²) in [4.78, 5) is 43.2. The summed E-state index contributed by atoms with van der Waals surface area (Å²) in [6, 6.07) is 22.6. The third-order valence-electron chi connectivity index (χ3n) is 6.49. The highest BCUT2D eigenvalue weighted by Crippen LogP contribution is 2.22. The highest BCUT2D eigenvalue weighted by molar-refractivity contribution is 7.99. The first-order valence-electron chi connectivity index (χ1n) is 12.8. The highest BCUT2D eigenvalue weighted by Gasteiger charge is 2.23. The van der Waals surface area contributed by atoms with Crippen LogP contribution in [0.3, 0.4) is 0 Å². The molecule has 2 N–H and O–H groups in total. The molecule has 3 aromatic carbocycles. The molecule has 4 aromatic rings. The van der Waals surface area contributed by atoms with Crippen molar-refractivity contribution in [2.75, 3.05) is 11.1 Å². The lowest BCUT2D eigenvalue weighted by Gasteiger charge is -2.14. The number of hydrogen-bond donors (Lipinski definition) is 2. The van der Waals surface area contributed by atoms with Gasteiger partial charge < -0.3 is 10.6 Å². The van der Waals surface area contributed by atoms with E-state index in [1.165, 1.54) is 17.3 Å². The molecular formula is C30H30N4O3S. The van der Waals surface area contributed by atoms with Gasteiger partial charge in [-0.3, -0.25) is 19.0 Å². The second kappa shape index (κ2) is 11.2. The Balaban J connectivity index is 1.33. The molecule has 0 spiro atoms. The minimum absolute atomic E-state index is 0.0790. The third-order valence-corrected chi connectivity index (χ3v) is 7.47. The molecule has 0 aliphatic heterocycles. The van der Waals surface area contributed by atoms with Crippen LogP contribution in [0.4, 0.5) is 5.69 Å². The van der Waals surface area contributed by atoms with E-state index in [9.17, 15) is 14.4 Å². The van der Waals surface area contributed by atoms with Crippen molar-refractivity contribution in [2.45, 2.75) is 50.4 Å². The Morgan fingerprint density at radius 3 is 2.39 bits per heavy atom. The number of thioether (sulfide) groups is 1. The lowest BCUT2D eigenvalue weighted by Crippen LogP contribution is -2.26. The Labute approximate surface area is 225 Å². The second-order valence-electron chi connectivity index (χ2n) is 9.86.